The smallest absolute Gasteiger partial charge is 0.271 e. The second-order valence-corrected chi connectivity index (χ2v) is 4.59. The first-order valence-corrected chi connectivity index (χ1v) is 6.11. The maximum atomic E-state index is 13.2. The summed E-state index contributed by atoms with van der Waals surface area (Å²) in [5.74, 6) is -3.22. The molecule has 0 fully saturated rings. The number of phenols is 1. The van der Waals surface area contributed by atoms with E-state index in [2.05, 4.69) is 5.32 Å². The number of nitro groups is 1. The molecular formula is C13H9ClF2N2O3. The molecule has 0 amide bonds. The molecule has 0 aliphatic rings. The fourth-order valence-electron chi connectivity index (χ4n) is 1.68. The summed E-state index contributed by atoms with van der Waals surface area (Å²) in [6, 6.07) is 5.72. The molecule has 0 heterocycles. The van der Waals surface area contributed by atoms with Gasteiger partial charge in [0.2, 0.25) is 0 Å². The van der Waals surface area contributed by atoms with E-state index in [1.54, 1.807) is 0 Å². The second-order valence-electron chi connectivity index (χ2n) is 4.18. The van der Waals surface area contributed by atoms with Crippen molar-refractivity contribution >= 4 is 23.0 Å². The minimum atomic E-state index is -1.09. The first-order valence-electron chi connectivity index (χ1n) is 5.73. The second kappa shape index (κ2) is 5.92. The molecule has 21 heavy (non-hydrogen) atoms. The number of phenolic OH excluding ortho intramolecular Hbond substituents is 1. The summed E-state index contributed by atoms with van der Waals surface area (Å²) in [5, 5.41) is 22.6. The van der Waals surface area contributed by atoms with E-state index in [4.69, 9.17) is 16.7 Å². The van der Waals surface area contributed by atoms with Gasteiger partial charge in [0.15, 0.2) is 17.4 Å². The zero-order valence-electron chi connectivity index (χ0n) is 10.4. The summed E-state index contributed by atoms with van der Waals surface area (Å²) in [7, 11) is 0. The molecule has 8 heteroatoms. The third kappa shape index (κ3) is 3.38. The van der Waals surface area contributed by atoms with Gasteiger partial charge in [-0.3, -0.25) is 10.1 Å². The third-order valence-corrected chi connectivity index (χ3v) is 3.05. The van der Waals surface area contributed by atoms with Gasteiger partial charge in [0.1, 0.15) is 0 Å². The topological polar surface area (TPSA) is 75.4 Å². The Bertz CT molecular complexity index is 687. The number of nitro benzene ring substituents is 1. The molecule has 0 aliphatic carbocycles. The summed E-state index contributed by atoms with van der Waals surface area (Å²) in [5.41, 5.74) is 0.315. The van der Waals surface area contributed by atoms with Gasteiger partial charge in [-0.1, -0.05) is 11.6 Å². The van der Waals surface area contributed by atoms with Crippen LogP contribution in [0, 0.1) is 21.7 Å². The van der Waals surface area contributed by atoms with Crippen LogP contribution < -0.4 is 5.32 Å². The molecule has 0 aromatic heterocycles. The maximum absolute atomic E-state index is 13.2. The largest absolute Gasteiger partial charge is 0.503 e. The molecule has 0 saturated heterocycles. The number of nitrogens with zero attached hydrogens (tertiary/aromatic N) is 1. The van der Waals surface area contributed by atoms with Crippen molar-refractivity contribution in [1.82, 2.24) is 0 Å². The Morgan fingerprint density at radius 1 is 1.24 bits per heavy atom. The lowest BCUT2D eigenvalue weighted by molar-refractivity contribution is -0.384. The third-order valence-electron chi connectivity index (χ3n) is 2.72. The van der Waals surface area contributed by atoms with Crippen LogP contribution in [0.4, 0.5) is 20.2 Å². The number of non-ortho nitro benzene ring substituents is 1. The monoisotopic (exact) mass is 314 g/mol. The lowest BCUT2D eigenvalue weighted by Gasteiger charge is -2.09. The normalized spacial score (nSPS) is 10.4. The predicted octanol–water partition coefficient (Wildman–Crippen LogP) is 3.84. The molecule has 0 unspecified atom stereocenters. The number of hydrogen-bond donors (Lipinski definition) is 2. The summed E-state index contributed by atoms with van der Waals surface area (Å²) < 4.78 is 26.4. The van der Waals surface area contributed by atoms with E-state index in [0.29, 0.717) is 0 Å². The van der Waals surface area contributed by atoms with Crippen molar-refractivity contribution in [3.8, 4) is 5.75 Å². The number of aromatic hydroxyl groups is 1. The number of rotatable bonds is 4. The Morgan fingerprint density at radius 3 is 2.43 bits per heavy atom. The Kier molecular flexibility index (Phi) is 4.23. The van der Waals surface area contributed by atoms with Gasteiger partial charge in [-0.25, -0.2) is 8.78 Å². The molecule has 0 bridgehead atoms. The zero-order valence-corrected chi connectivity index (χ0v) is 11.2. The predicted molar refractivity (Wildman–Crippen MR) is 73.5 cm³/mol. The van der Waals surface area contributed by atoms with Crippen molar-refractivity contribution < 1.29 is 18.8 Å². The van der Waals surface area contributed by atoms with E-state index in [0.717, 1.165) is 12.1 Å². The van der Waals surface area contributed by atoms with Crippen molar-refractivity contribution in [1.29, 1.82) is 0 Å². The number of benzene rings is 2. The molecule has 0 radical (unpaired) electrons. The highest BCUT2D eigenvalue weighted by molar-refractivity contribution is 6.33. The number of hydrogen-bond acceptors (Lipinski definition) is 4. The van der Waals surface area contributed by atoms with Gasteiger partial charge in [0, 0.05) is 18.7 Å². The van der Waals surface area contributed by atoms with E-state index >= 15 is 0 Å². The number of nitrogens with one attached hydrogen (secondary N) is 1. The van der Waals surface area contributed by atoms with Crippen molar-refractivity contribution in [3.63, 3.8) is 0 Å². The van der Waals surface area contributed by atoms with Crippen molar-refractivity contribution in [3.05, 3.63) is 62.7 Å². The fourth-order valence-corrected chi connectivity index (χ4v) is 1.86. The van der Waals surface area contributed by atoms with Gasteiger partial charge in [-0.2, -0.15) is 0 Å². The van der Waals surface area contributed by atoms with E-state index in [-0.39, 0.29) is 28.5 Å². The fraction of sp³-hybridized carbons (Fsp3) is 0.0769. The Labute approximate surface area is 122 Å². The molecule has 2 N–H and O–H groups in total. The van der Waals surface area contributed by atoms with Gasteiger partial charge in [-0.05, 0) is 23.8 Å². The molecule has 2 aromatic rings. The molecule has 2 aromatic carbocycles. The lowest BCUT2D eigenvalue weighted by atomic mass is 10.2. The summed E-state index contributed by atoms with van der Waals surface area (Å²) in [6.45, 7) is -0.0188. The molecular weight excluding hydrogens is 306 g/mol. The van der Waals surface area contributed by atoms with Crippen molar-refractivity contribution in [2.45, 2.75) is 6.54 Å². The summed E-state index contributed by atoms with van der Waals surface area (Å²) >= 11 is 5.88. The average Bonchev–Trinajstić information content (AvgIpc) is 2.43. The first-order chi connectivity index (χ1) is 9.88. The summed E-state index contributed by atoms with van der Waals surface area (Å²) in [4.78, 5) is 10.1. The van der Waals surface area contributed by atoms with E-state index < -0.39 is 22.3 Å². The summed E-state index contributed by atoms with van der Waals surface area (Å²) in [6.07, 6.45) is 0. The molecule has 2 rings (SSSR count). The molecule has 0 atom stereocenters. The highest BCUT2D eigenvalue weighted by Gasteiger charge is 2.12. The molecule has 0 saturated carbocycles. The van der Waals surface area contributed by atoms with E-state index in [9.17, 15) is 18.9 Å². The van der Waals surface area contributed by atoms with Crippen LogP contribution in [0.2, 0.25) is 5.02 Å². The van der Waals surface area contributed by atoms with Gasteiger partial charge in [-0.15, -0.1) is 0 Å². The number of halogens is 3. The quantitative estimate of drug-likeness (QED) is 0.664. The van der Waals surface area contributed by atoms with Crippen LogP contribution in [-0.2, 0) is 6.54 Å². The number of anilines is 1. The minimum absolute atomic E-state index is 0.0188. The van der Waals surface area contributed by atoms with E-state index in [1.807, 2.05) is 0 Å². The Hall–Kier alpha value is -2.41. The van der Waals surface area contributed by atoms with Crippen LogP contribution in [0.1, 0.15) is 5.56 Å². The molecule has 0 aliphatic heterocycles. The van der Waals surface area contributed by atoms with Crippen LogP contribution in [0.3, 0.4) is 0 Å². The van der Waals surface area contributed by atoms with Crippen molar-refractivity contribution in [2.24, 2.45) is 0 Å². The first kappa shape index (κ1) is 15.0. The Balaban J connectivity index is 2.20. The molecule has 5 nitrogen and oxygen atoms in total. The van der Waals surface area contributed by atoms with Gasteiger partial charge >= 0.3 is 0 Å². The van der Waals surface area contributed by atoms with Crippen LogP contribution in [-0.4, -0.2) is 10.0 Å². The van der Waals surface area contributed by atoms with E-state index in [1.165, 1.54) is 18.2 Å². The maximum Gasteiger partial charge on any atom is 0.271 e. The highest BCUT2D eigenvalue weighted by Crippen LogP contribution is 2.28. The van der Waals surface area contributed by atoms with Gasteiger partial charge < -0.3 is 10.4 Å². The van der Waals surface area contributed by atoms with Crippen LogP contribution in [0.25, 0.3) is 0 Å². The molecule has 0 spiro atoms. The Morgan fingerprint density at radius 2 is 1.86 bits per heavy atom. The minimum Gasteiger partial charge on any atom is -0.503 e. The van der Waals surface area contributed by atoms with Crippen LogP contribution in [0.5, 0.6) is 5.75 Å². The van der Waals surface area contributed by atoms with Crippen LogP contribution in [0.15, 0.2) is 30.3 Å². The van der Waals surface area contributed by atoms with Gasteiger partial charge in [0.25, 0.3) is 5.69 Å². The molecule has 110 valence electrons. The van der Waals surface area contributed by atoms with Gasteiger partial charge in [0.05, 0.1) is 15.6 Å². The average molecular weight is 315 g/mol. The SMILES string of the molecule is O=[N+]([O-])c1ccc(Cl)c(NCc2cc(F)c(O)c(F)c2)c1. The lowest BCUT2D eigenvalue weighted by Crippen LogP contribution is -2.02. The standard InChI is InChI=1S/C13H9ClF2N2O3/c14-9-2-1-8(18(20)21)5-12(9)17-6-7-3-10(15)13(19)11(16)4-7/h1-5,17,19H,6H2. The van der Waals surface area contributed by atoms with Crippen molar-refractivity contribution in [2.75, 3.05) is 5.32 Å². The van der Waals surface area contributed by atoms with Crippen LogP contribution >= 0.6 is 11.6 Å². The zero-order chi connectivity index (χ0) is 15.6. The highest BCUT2D eigenvalue weighted by atomic mass is 35.5.